The van der Waals surface area contributed by atoms with Crippen molar-refractivity contribution in [3.8, 4) is 5.75 Å². The molecular weight excluding hydrogens is 298 g/mol. The van der Waals surface area contributed by atoms with Crippen LogP contribution < -0.4 is 10.1 Å². The summed E-state index contributed by atoms with van der Waals surface area (Å²) in [6.07, 6.45) is 0.205. The van der Waals surface area contributed by atoms with Gasteiger partial charge in [0.25, 0.3) is 0 Å². The van der Waals surface area contributed by atoms with Crippen molar-refractivity contribution in [2.45, 2.75) is 55.6 Å². The van der Waals surface area contributed by atoms with Crippen molar-refractivity contribution in [2.75, 3.05) is 12.8 Å². The molecule has 1 heterocycles. The molecule has 0 bridgehead atoms. The number of thioether (sulfide) groups is 2. The third-order valence-electron chi connectivity index (χ3n) is 3.87. The van der Waals surface area contributed by atoms with Gasteiger partial charge in [-0.1, -0.05) is 32.0 Å². The first-order chi connectivity index (χ1) is 10.0. The minimum atomic E-state index is 0.205. The molecule has 0 aliphatic carbocycles. The van der Waals surface area contributed by atoms with E-state index in [-0.39, 0.29) is 6.10 Å². The summed E-state index contributed by atoms with van der Waals surface area (Å²) < 4.78 is 6.01. The van der Waals surface area contributed by atoms with Crippen molar-refractivity contribution in [3.63, 3.8) is 0 Å². The molecule has 0 amide bonds. The van der Waals surface area contributed by atoms with Crippen molar-refractivity contribution in [1.82, 2.24) is 5.32 Å². The Bertz CT molecular complexity index is 452. The summed E-state index contributed by atoms with van der Waals surface area (Å²) in [4.78, 5) is 0. The summed E-state index contributed by atoms with van der Waals surface area (Å²) in [5.74, 6) is 2.21. The van der Waals surface area contributed by atoms with Crippen LogP contribution >= 0.6 is 23.5 Å². The Hall–Kier alpha value is -0.320. The van der Waals surface area contributed by atoms with Gasteiger partial charge in [0.05, 0.1) is 6.10 Å². The third kappa shape index (κ3) is 4.33. The van der Waals surface area contributed by atoms with E-state index in [0.29, 0.717) is 16.5 Å². The van der Waals surface area contributed by atoms with Crippen LogP contribution in [-0.2, 0) is 0 Å². The van der Waals surface area contributed by atoms with Crippen LogP contribution in [-0.4, -0.2) is 34.7 Å². The minimum absolute atomic E-state index is 0.205. The van der Waals surface area contributed by atoms with E-state index in [0.717, 1.165) is 11.0 Å². The second-order valence-electron chi connectivity index (χ2n) is 5.89. The summed E-state index contributed by atoms with van der Waals surface area (Å²) in [7, 11) is 2.06. The van der Waals surface area contributed by atoms with Gasteiger partial charge in [0.15, 0.2) is 0 Å². The molecule has 4 heteroatoms. The summed E-state index contributed by atoms with van der Waals surface area (Å²) >= 11 is 4.20. The molecule has 1 aliphatic heterocycles. The topological polar surface area (TPSA) is 21.3 Å². The highest BCUT2D eigenvalue weighted by atomic mass is 32.2. The van der Waals surface area contributed by atoms with Crippen LogP contribution in [0.15, 0.2) is 24.3 Å². The zero-order chi connectivity index (χ0) is 15.4. The highest BCUT2D eigenvalue weighted by molar-refractivity contribution is 8.07. The van der Waals surface area contributed by atoms with Gasteiger partial charge >= 0.3 is 0 Å². The molecule has 4 unspecified atom stereocenters. The van der Waals surface area contributed by atoms with Gasteiger partial charge < -0.3 is 10.1 Å². The van der Waals surface area contributed by atoms with E-state index >= 15 is 0 Å². The second kappa shape index (κ2) is 7.80. The molecule has 0 saturated carbocycles. The van der Waals surface area contributed by atoms with Gasteiger partial charge in [0, 0.05) is 33.1 Å². The molecule has 1 N–H and O–H groups in total. The summed E-state index contributed by atoms with van der Waals surface area (Å²) in [6.45, 7) is 8.85. The van der Waals surface area contributed by atoms with E-state index < -0.39 is 0 Å². The number of rotatable bonds is 5. The molecule has 2 nitrogen and oxygen atoms in total. The number of para-hydroxylation sites is 1. The van der Waals surface area contributed by atoms with Crippen molar-refractivity contribution < 1.29 is 4.74 Å². The quantitative estimate of drug-likeness (QED) is 0.868. The summed E-state index contributed by atoms with van der Waals surface area (Å²) in [6, 6.07) is 8.80. The third-order valence-corrected chi connectivity index (χ3v) is 7.37. The summed E-state index contributed by atoms with van der Waals surface area (Å²) in [5.41, 5.74) is 1.29. The van der Waals surface area contributed by atoms with Crippen molar-refractivity contribution in [2.24, 2.45) is 0 Å². The molecule has 1 aliphatic rings. The fraction of sp³-hybridized carbons (Fsp3) is 0.647. The largest absolute Gasteiger partial charge is 0.491 e. The molecule has 21 heavy (non-hydrogen) atoms. The molecule has 1 fully saturated rings. The number of hydrogen-bond donors (Lipinski definition) is 1. The molecule has 1 aromatic carbocycles. The van der Waals surface area contributed by atoms with Gasteiger partial charge in [-0.25, -0.2) is 0 Å². The normalized spacial score (nSPS) is 27.6. The van der Waals surface area contributed by atoms with E-state index in [1.54, 1.807) is 0 Å². The SMILES string of the molecule is CNC(c1ccccc1OC(C)C)C1CSC(C)C(C)S1. The van der Waals surface area contributed by atoms with Crippen LogP contribution in [0.4, 0.5) is 0 Å². The first kappa shape index (κ1) is 17.0. The van der Waals surface area contributed by atoms with E-state index in [2.05, 4.69) is 87.8 Å². The zero-order valence-corrected chi connectivity index (χ0v) is 15.3. The number of hydrogen-bond acceptors (Lipinski definition) is 4. The van der Waals surface area contributed by atoms with Crippen LogP contribution in [0.2, 0.25) is 0 Å². The van der Waals surface area contributed by atoms with Gasteiger partial charge in [0.1, 0.15) is 5.75 Å². The highest BCUT2D eigenvalue weighted by Crippen LogP contribution is 2.42. The van der Waals surface area contributed by atoms with Gasteiger partial charge in [0.2, 0.25) is 0 Å². The Balaban J connectivity index is 2.21. The van der Waals surface area contributed by atoms with Crippen LogP contribution in [0.5, 0.6) is 5.75 Å². The number of benzene rings is 1. The zero-order valence-electron chi connectivity index (χ0n) is 13.6. The molecule has 118 valence electrons. The Morgan fingerprint density at radius 3 is 2.52 bits per heavy atom. The fourth-order valence-electron chi connectivity index (χ4n) is 2.62. The summed E-state index contributed by atoms with van der Waals surface area (Å²) in [5, 5.41) is 5.55. The Morgan fingerprint density at radius 2 is 1.90 bits per heavy atom. The average molecular weight is 326 g/mol. The maximum atomic E-state index is 6.01. The predicted molar refractivity (Wildman–Crippen MR) is 96.8 cm³/mol. The molecular formula is C17H27NOS2. The molecule has 1 aromatic rings. The Labute approximate surface area is 137 Å². The van der Waals surface area contributed by atoms with Gasteiger partial charge in [-0.3, -0.25) is 0 Å². The number of ether oxygens (including phenoxy) is 1. The molecule has 2 rings (SSSR count). The van der Waals surface area contributed by atoms with Crippen LogP contribution in [0.3, 0.4) is 0 Å². The first-order valence-corrected chi connectivity index (χ1v) is 9.72. The van der Waals surface area contributed by atoms with Crippen molar-refractivity contribution in [3.05, 3.63) is 29.8 Å². The number of nitrogens with one attached hydrogen (secondary N) is 1. The van der Waals surface area contributed by atoms with Gasteiger partial charge in [-0.15, -0.1) is 0 Å². The first-order valence-electron chi connectivity index (χ1n) is 7.72. The lowest BCUT2D eigenvalue weighted by Crippen LogP contribution is -2.36. The smallest absolute Gasteiger partial charge is 0.124 e. The molecule has 1 saturated heterocycles. The fourth-order valence-corrected chi connectivity index (χ4v) is 5.77. The predicted octanol–water partition coefficient (Wildman–Crippen LogP) is 4.36. The second-order valence-corrected chi connectivity index (χ2v) is 8.92. The lowest BCUT2D eigenvalue weighted by atomic mass is 10.0. The Morgan fingerprint density at radius 1 is 1.19 bits per heavy atom. The van der Waals surface area contributed by atoms with Crippen molar-refractivity contribution >= 4 is 23.5 Å². The molecule has 0 aromatic heterocycles. The standard InChI is InChI=1S/C17H27NOS2/c1-11(2)19-15-9-7-6-8-14(15)17(18-5)16-10-20-12(3)13(4)21-16/h6-9,11-13,16-18H,10H2,1-5H3. The lowest BCUT2D eigenvalue weighted by molar-refractivity contribution is 0.238. The highest BCUT2D eigenvalue weighted by Gasteiger charge is 2.32. The molecule has 0 radical (unpaired) electrons. The molecule has 0 spiro atoms. The maximum Gasteiger partial charge on any atom is 0.124 e. The van der Waals surface area contributed by atoms with E-state index in [1.807, 2.05) is 0 Å². The monoisotopic (exact) mass is 325 g/mol. The van der Waals surface area contributed by atoms with Crippen LogP contribution in [0.1, 0.15) is 39.3 Å². The van der Waals surface area contributed by atoms with E-state index in [1.165, 1.54) is 11.3 Å². The Kier molecular flexibility index (Phi) is 6.33. The minimum Gasteiger partial charge on any atom is -0.491 e. The van der Waals surface area contributed by atoms with E-state index in [4.69, 9.17) is 4.74 Å². The lowest BCUT2D eigenvalue weighted by Gasteiger charge is -2.36. The average Bonchev–Trinajstić information content (AvgIpc) is 2.44. The van der Waals surface area contributed by atoms with Gasteiger partial charge in [-0.2, -0.15) is 23.5 Å². The maximum absolute atomic E-state index is 6.01. The van der Waals surface area contributed by atoms with E-state index in [9.17, 15) is 0 Å². The van der Waals surface area contributed by atoms with Gasteiger partial charge in [-0.05, 0) is 27.0 Å². The van der Waals surface area contributed by atoms with Crippen LogP contribution in [0.25, 0.3) is 0 Å². The van der Waals surface area contributed by atoms with Crippen LogP contribution in [0, 0.1) is 0 Å². The molecule has 4 atom stereocenters. The van der Waals surface area contributed by atoms with Crippen molar-refractivity contribution in [1.29, 1.82) is 0 Å².